The predicted molar refractivity (Wildman–Crippen MR) is 131 cm³/mol. The van der Waals surface area contributed by atoms with E-state index >= 15 is 0 Å². The molecular weight excluding hydrogens is 471 g/mol. The Bertz CT molecular complexity index is 1270. The van der Waals surface area contributed by atoms with E-state index in [1.807, 2.05) is 0 Å². The monoisotopic (exact) mass is 498 g/mol. The van der Waals surface area contributed by atoms with Crippen molar-refractivity contribution in [1.82, 2.24) is 15.0 Å². The van der Waals surface area contributed by atoms with E-state index in [1.54, 1.807) is 45.3 Å². The molecule has 0 radical (unpaired) electrons. The normalized spacial score (nSPS) is 12.6. The minimum absolute atomic E-state index is 0.0587. The number of nitrogens with one attached hydrogen (secondary N) is 3. The molecule has 2 aromatic carbocycles. The molecule has 0 aliphatic heterocycles. The number of rotatable bonds is 8. The van der Waals surface area contributed by atoms with Crippen molar-refractivity contribution in [2.24, 2.45) is 0 Å². The fourth-order valence-corrected chi connectivity index (χ4v) is 4.63. The van der Waals surface area contributed by atoms with Gasteiger partial charge in [-0.15, -0.1) is 0 Å². The van der Waals surface area contributed by atoms with Crippen molar-refractivity contribution in [3.63, 3.8) is 0 Å². The summed E-state index contributed by atoms with van der Waals surface area (Å²) in [6, 6.07) is 13.2. The molecule has 35 heavy (non-hydrogen) atoms. The highest BCUT2D eigenvalue weighted by molar-refractivity contribution is 7.89. The number of hydrogen-bond acceptors (Lipinski definition) is 5. The Morgan fingerprint density at radius 1 is 0.943 bits per heavy atom. The van der Waals surface area contributed by atoms with Crippen LogP contribution in [0.5, 0.6) is 0 Å². The molecule has 0 aliphatic rings. The van der Waals surface area contributed by atoms with Crippen LogP contribution in [0.3, 0.4) is 0 Å². The van der Waals surface area contributed by atoms with Gasteiger partial charge in [0.1, 0.15) is 11.9 Å². The van der Waals surface area contributed by atoms with Crippen molar-refractivity contribution >= 4 is 27.5 Å². The summed E-state index contributed by atoms with van der Waals surface area (Å²) in [5.41, 5.74) is 0.698. The van der Waals surface area contributed by atoms with Crippen LogP contribution in [-0.4, -0.2) is 36.8 Å². The Labute approximate surface area is 204 Å². The molecule has 1 atom stereocenters. The lowest BCUT2D eigenvalue weighted by molar-refractivity contribution is -0.118. The van der Waals surface area contributed by atoms with Gasteiger partial charge in [-0.2, -0.15) is 0 Å². The van der Waals surface area contributed by atoms with Gasteiger partial charge in [-0.25, -0.2) is 17.5 Å². The Morgan fingerprint density at radius 3 is 2.11 bits per heavy atom. The molecule has 0 saturated carbocycles. The van der Waals surface area contributed by atoms with E-state index < -0.39 is 39.2 Å². The highest BCUT2D eigenvalue weighted by atomic mass is 32.2. The van der Waals surface area contributed by atoms with Crippen molar-refractivity contribution in [3.05, 3.63) is 90.0 Å². The predicted octanol–water partition coefficient (Wildman–Crippen LogP) is 3.28. The largest absolute Gasteiger partial charge is 0.340 e. The number of sulfonamides is 1. The zero-order valence-electron chi connectivity index (χ0n) is 19.6. The number of nitrogens with zero attached hydrogens (tertiary/aromatic N) is 1. The van der Waals surface area contributed by atoms with Crippen molar-refractivity contribution in [2.45, 2.75) is 43.7 Å². The minimum Gasteiger partial charge on any atom is -0.340 e. The van der Waals surface area contributed by atoms with E-state index in [0.717, 1.165) is 17.7 Å². The standard InChI is InChI=1S/C25H27FN4O4S/c1-25(2,3)30-35(33,34)21-10-8-20(9-11-21)28-24(32)22(16-17-12-14-27-15-13-17)29-23(31)18-4-6-19(26)7-5-18/h4-15,22,30H,16H2,1-3H3,(H,28,32)(H,29,31)/t22-/m0/s1. The highest BCUT2D eigenvalue weighted by Crippen LogP contribution is 2.17. The number of pyridine rings is 1. The molecule has 0 fully saturated rings. The van der Waals surface area contributed by atoms with Crippen LogP contribution < -0.4 is 15.4 Å². The van der Waals surface area contributed by atoms with Gasteiger partial charge in [0.2, 0.25) is 15.9 Å². The van der Waals surface area contributed by atoms with Gasteiger partial charge in [-0.05, 0) is 87.0 Å². The van der Waals surface area contributed by atoms with Gasteiger partial charge in [-0.3, -0.25) is 14.6 Å². The van der Waals surface area contributed by atoms with Crippen LogP contribution >= 0.6 is 0 Å². The van der Waals surface area contributed by atoms with Gasteiger partial charge in [-0.1, -0.05) is 0 Å². The molecule has 1 aromatic heterocycles. The van der Waals surface area contributed by atoms with Gasteiger partial charge in [0.25, 0.3) is 5.91 Å². The smallest absolute Gasteiger partial charge is 0.251 e. The summed E-state index contributed by atoms with van der Waals surface area (Å²) < 4.78 is 40.8. The molecule has 3 rings (SSSR count). The SMILES string of the molecule is CC(C)(C)NS(=O)(=O)c1ccc(NC(=O)[C@H](Cc2ccncc2)NC(=O)c2ccc(F)cc2)cc1. The average Bonchev–Trinajstić information content (AvgIpc) is 2.78. The van der Waals surface area contributed by atoms with E-state index in [-0.39, 0.29) is 16.9 Å². The number of amides is 2. The Kier molecular flexibility index (Phi) is 7.98. The molecule has 10 heteroatoms. The number of carbonyl (C=O) groups is 2. The van der Waals surface area contributed by atoms with Gasteiger partial charge in [0.15, 0.2) is 0 Å². The summed E-state index contributed by atoms with van der Waals surface area (Å²) in [5, 5.41) is 5.39. The molecule has 1 heterocycles. The van der Waals surface area contributed by atoms with Crippen LogP contribution in [0.25, 0.3) is 0 Å². The van der Waals surface area contributed by atoms with Crippen molar-refractivity contribution in [2.75, 3.05) is 5.32 Å². The van der Waals surface area contributed by atoms with Crippen LogP contribution in [0.1, 0.15) is 36.7 Å². The third-order valence-corrected chi connectivity index (χ3v) is 6.56. The van der Waals surface area contributed by atoms with E-state index in [9.17, 15) is 22.4 Å². The lowest BCUT2D eigenvalue weighted by Crippen LogP contribution is -2.45. The number of halogens is 1. The second-order valence-corrected chi connectivity index (χ2v) is 10.6. The van der Waals surface area contributed by atoms with Crippen LogP contribution in [0.4, 0.5) is 10.1 Å². The van der Waals surface area contributed by atoms with Crippen molar-refractivity contribution < 1.29 is 22.4 Å². The maximum absolute atomic E-state index is 13.2. The lowest BCUT2D eigenvalue weighted by atomic mass is 10.1. The maximum Gasteiger partial charge on any atom is 0.251 e. The lowest BCUT2D eigenvalue weighted by Gasteiger charge is -2.21. The third kappa shape index (κ3) is 7.69. The molecule has 0 spiro atoms. The first-order valence-corrected chi connectivity index (χ1v) is 12.3. The average molecular weight is 499 g/mol. The summed E-state index contributed by atoms with van der Waals surface area (Å²) in [4.78, 5) is 29.8. The fraction of sp³-hybridized carbons (Fsp3) is 0.240. The number of aromatic nitrogens is 1. The minimum atomic E-state index is -3.72. The first kappa shape index (κ1) is 26.0. The van der Waals surface area contributed by atoms with Crippen molar-refractivity contribution in [1.29, 1.82) is 0 Å². The van der Waals surface area contributed by atoms with Crippen LogP contribution in [0, 0.1) is 5.82 Å². The van der Waals surface area contributed by atoms with E-state index in [0.29, 0.717) is 5.69 Å². The Hall–Kier alpha value is -3.63. The maximum atomic E-state index is 13.2. The molecular formula is C25H27FN4O4S. The quantitative estimate of drug-likeness (QED) is 0.441. The van der Waals surface area contributed by atoms with Gasteiger partial charge in [0, 0.05) is 35.6 Å². The zero-order valence-corrected chi connectivity index (χ0v) is 20.4. The molecule has 184 valence electrons. The topological polar surface area (TPSA) is 117 Å². The first-order valence-electron chi connectivity index (χ1n) is 10.8. The second kappa shape index (κ2) is 10.7. The zero-order chi connectivity index (χ0) is 25.6. The van der Waals surface area contributed by atoms with E-state index in [2.05, 4.69) is 20.3 Å². The molecule has 8 nitrogen and oxygen atoms in total. The third-order valence-electron chi connectivity index (χ3n) is 4.79. The molecule has 0 unspecified atom stereocenters. The number of anilines is 1. The molecule has 0 bridgehead atoms. The van der Waals surface area contributed by atoms with E-state index in [1.165, 1.54) is 36.4 Å². The molecule has 3 aromatic rings. The number of benzene rings is 2. The summed E-state index contributed by atoms with van der Waals surface area (Å²) >= 11 is 0. The summed E-state index contributed by atoms with van der Waals surface area (Å²) in [6.45, 7) is 5.22. The summed E-state index contributed by atoms with van der Waals surface area (Å²) in [6.07, 6.45) is 3.34. The van der Waals surface area contributed by atoms with Gasteiger partial charge in [0.05, 0.1) is 4.90 Å². The molecule has 0 saturated heterocycles. The Balaban J connectivity index is 1.77. The summed E-state index contributed by atoms with van der Waals surface area (Å²) in [7, 11) is -3.72. The summed E-state index contributed by atoms with van der Waals surface area (Å²) in [5.74, 6) is -1.51. The van der Waals surface area contributed by atoms with E-state index in [4.69, 9.17) is 0 Å². The molecule has 0 aliphatic carbocycles. The van der Waals surface area contributed by atoms with Gasteiger partial charge >= 0.3 is 0 Å². The Morgan fingerprint density at radius 2 is 1.54 bits per heavy atom. The van der Waals surface area contributed by atoms with Crippen LogP contribution in [0.15, 0.2) is 78.0 Å². The highest BCUT2D eigenvalue weighted by Gasteiger charge is 2.24. The van der Waals surface area contributed by atoms with Gasteiger partial charge < -0.3 is 10.6 Å². The van der Waals surface area contributed by atoms with Crippen LogP contribution in [-0.2, 0) is 21.2 Å². The fourth-order valence-electron chi connectivity index (χ4n) is 3.22. The first-order chi connectivity index (χ1) is 16.4. The second-order valence-electron chi connectivity index (χ2n) is 8.96. The molecule has 2 amide bonds. The number of carbonyl (C=O) groups excluding carboxylic acids is 2. The van der Waals surface area contributed by atoms with Crippen LogP contribution in [0.2, 0.25) is 0 Å². The van der Waals surface area contributed by atoms with Crippen molar-refractivity contribution in [3.8, 4) is 0 Å². The molecule has 3 N–H and O–H groups in total. The number of hydrogen-bond donors (Lipinski definition) is 3.